The van der Waals surface area contributed by atoms with Crippen LogP contribution in [0.2, 0.25) is 0 Å². The normalized spacial score (nSPS) is 12.6. The fraction of sp³-hybridized carbons (Fsp3) is 0.400. The highest BCUT2D eigenvalue weighted by atomic mass is 14.9. The van der Waals surface area contributed by atoms with Gasteiger partial charge in [-0.05, 0) is 48.9 Å². The lowest BCUT2D eigenvalue weighted by molar-refractivity contribution is 0.549. The van der Waals surface area contributed by atoms with Crippen LogP contribution < -0.4 is 5.32 Å². The molecule has 21 heavy (non-hydrogen) atoms. The second-order valence-electron chi connectivity index (χ2n) is 6.21. The van der Waals surface area contributed by atoms with E-state index in [2.05, 4.69) is 73.8 Å². The SMILES string of the molecule is CNC(CCc1cccc(CC(C)C)c1)c1ccccc1. The summed E-state index contributed by atoms with van der Waals surface area (Å²) in [6, 6.07) is 20.2. The smallest absolute Gasteiger partial charge is 0.0320 e. The molecule has 0 aromatic heterocycles. The van der Waals surface area contributed by atoms with Crippen LogP contribution in [0, 0.1) is 5.92 Å². The van der Waals surface area contributed by atoms with Crippen molar-refractivity contribution in [3.8, 4) is 0 Å². The predicted molar refractivity (Wildman–Crippen MR) is 91.5 cm³/mol. The first-order chi connectivity index (χ1) is 10.2. The lowest BCUT2D eigenvalue weighted by Gasteiger charge is -2.17. The number of hydrogen-bond donors (Lipinski definition) is 1. The Hall–Kier alpha value is -1.60. The van der Waals surface area contributed by atoms with Crippen molar-refractivity contribution in [1.82, 2.24) is 5.32 Å². The Morgan fingerprint density at radius 2 is 1.62 bits per heavy atom. The predicted octanol–water partition coefficient (Wildman–Crippen LogP) is 4.78. The van der Waals surface area contributed by atoms with Crippen LogP contribution in [0.1, 0.15) is 43.0 Å². The van der Waals surface area contributed by atoms with E-state index in [-0.39, 0.29) is 0 Å². The molecule has 0 fully saturated rings. The van der Waals surface area contributed by atoms with Crippen LogP contribution in [0.15, 0.2) is 54.6 Å². The van der Waals surface area contributed by atoms with Gasteiger partial charge in [0.15, 0.2) is 0 Å². The molecule has 1 unspecified atom stereocenters. The van der Waals surface area contributed by atoms with Crippen LogP contribution in [0.4, 0.5) is 0 Å². The minimum atomic E-state index is 0.431. The zero-order valence-corrected chi connectivity index (χ0v) is 13.5. The third-order valence-corrected chi connectivity index (χ3v) is 3.91. The van der Waals surface area contributed by atoms with Crippen molar-refractivity contribution in [1.29, 1.82) is 0 Å². The summed E-state index contributed by atoms with van der Waals surface area (Å²) in [6.45, 7) is 4.55. The molecule has 1 heteroatoms. The average Bonchev–Trinajstić information content (AvgIpc) is 2.49. The Labute approximate surface area is 129 Å². The van der Waals surface area contributed by atoms with Crippen molar-refractivity contribution in [2.24, 2.45) is 5.92 Å². The van der Waals surface area contributed by atoms with Gasteiger partial charge in [-0.15, -0.1) is 0 Å². The summed E-state index contributed by atoms with van der Waals surface area (Å²) < 4.78 is 0. The van der Waals surface area contributed by atoms with E-state index in [0.29, 0.717) is 6.04 Å². The zero-order chi connectivity index (χ0) is 15.1. The minimum Gasteiger partial charge on any atom is -0.313 e. The fourth-order valence-electron chi connectivity index (χ4n) is 2.86. The van der Waals surface area contributed by atoms with E-state index in [1.807, 2.05) is 7.05 Å². The Balaban J connectivity index is 1.98. The van der Waals surface area contributed by atoms with Gasteiger partial charge in [-0.2, -0.15) is 0 Å². The van der Waals surface area contributed by atoms with Crippen molar-refractivity contribution < 1.29 is 0 Å². The summed E-state index contributed by atoms with van der Waals surface area (Å²) >= 11 is 0. The summed E-state index contributed by atoms with van der Waals surface area (Å²) in [6.07, 6.45) is 3.42. The van der Waals surface area contributed by atoms with Crippen LogP contribution in [0.3, 0.4) is 0 Å². The fourth-order valence-corrected chi connectivity index (χ4v) is 2.86. The molecule has 0 bridgehead atoms. The number of nitrogens with one attached hydrogen (secondary N) is 1. The van der Waals surface area contributed by atoms with Crippen LogP contribution in [-0.4, -0.2) is 7.05 Å². The molecule has 2 rings (SSSR count). The maximum Gasteiger partial charge on any atom is 0.0320 e. The maximum atomic E-state index is 3.44. The van der Waals surface area contributed by atoms with E-state index >= 15 is 0 Å². The molecule has 0 amide bonds. The number of aryl methyl sites for hydroxylation is 1. The molecular weight excluding hydrogens is 254 g/mol. The molecule has 0 heterocycles. The first-order valence-corrected chi connectivity index (χ1v) is 7.99. The largest absolute Gasteiger partial charge is 0.313 e. The van der Waals surface area contributed by atoms with E-state index in [9.17, 15) is 0 Å². The average molecular weight is 281 g/mol. The first kappa shape index (κ1) is 15.8. The Bertz CT molecular complexity index is 531. The van der Waals surface area contributed by atoms with Gasteiger partial charge in [0.1, 0.15) is 0 Å². The highest BCUT2D eigenvalue weighted by Crippen LogP contribution is 2.19. The minimum absolute atomic E-state index is 0.431. The van der Waals surface area contributed by atoms with Gasteiger partial charge < -0.3 is 5.32 Å². The number of benzene rings is 2. The highest BCUT2D eigenvalue weighted by Gasteiger charge is 2.09. The highest BCUT2D eigenvalue weighted by molar-refractivity contribution is 5.25. The first-order valence-electron chi connectivity index (χ1n) is 7.99. The summed E-state index contributed by atoms with van der Waals surface area (Å²) in [7, 11) is 2.05. The van der Waals surface area contributed by atoms with Crippen LogP contribution in [0.25, 0.3) is 0 Å². The Morgan fingerprint density at radius 3 is 2.29 bits per heavy atom. The van der Waals surface area contributed by atoms with E-state index in [1.165, 1.54) is 23.1 Å². The van der Waals surface area contributed by atoms with Gasteiger partial charge in [0.25, 0.3) is 0 Å². The van der Waals surface area contributed by atoms with Crippen LogP contribution >= 0.6 is 0 Å². The second-order valence-corrected chi connectivity index (χ2v) is 6.21. The molecule has 1 N–H and O–H groups in total. The Kier molecular flexibility index (Phi) is 6.01. The monoisotopic (exact) mass is 281 g/mol. The van der Waals surface area contributed by atoms with Crippen molar-refractivity contribution in [2.45, 2.75) is 39.2 Å². The molecule has 0 saturated heterocycles. The molecule has 1 atom stereocenters. The Morgan fingerprint density at radius 1 is 0.905 bits per heavy atom. The van der Waals surface area contributed by atoms with Gasteiger partial charge in [-0.1, -0.05) is 68.4 Å². The van der Waals surface area contributed by atoms with Crippen molar-refractivity contribution in [3.05, 3.63) is 71.3 Å². The lowest BCUT2D eigenvalue weighted by Crippen LogP contribution is -2.17. The number of hydrogen-bond acceptors (Lipinski definition) is 1. The van der Waals surface area contributed by atoms with Gasteiger partial charge in [0, 0.05) is 6.04 Å². The van der Waals surface area contributed by atoms with E-state index in [0.717, 1.165) is 18.8 Å². The molecule has 0 aliphatic heterocycles. The third-order valence-electron chi connectivity index (χ3n) is 3.91. The number of rotatable bonds is 7. The standard InChI is InChI=1S/C20H27N/c1-16(2)14-18-9-7-8-17(15-18)12-13-20(21-3)19-10-5-4-6-11-19/h4-11,15-16,20-21H,12-14H2,1-3H3. The van der Waals surface area contributed by atoms with Gasteiger partial charge in [0.2, 0.25) is 0 Å². The third kappa shape index (κ3) is 5.02. The van der Waals surface area contributed by atoms with E-state index in [4.69, 9.17) is 0 Å². The summed E-state index contributed by atoms with van der Waals surface area (Å²) in [5, 5.41) is 3.44. The summed E-state index contributed by atoms with van der Waals surface area (Å²) in [5.41, 5.74) is 4.28. The second kappa shape index (κ2) is 7.99. The summed E-state index contributed by atoms with van der Waals surface area (Å²) in [4.78, 5) is 0. The molecule has 0 aliphatic rings. The molecule has 1 nitrogen and oxygen atoms in total. The van der Waals surface area contributed by atoms with Crippen molar-refractivity contribution in [3.63, 3.8) is 0 Å². The van der Waals surface area contributed by atoms with Crippen LogP contribution in [-0.2, 0) is 12.8 Å². The van der Waals surface area contributed by atoms with Gasteiger partial charge >= 0.3 is 0 Å². The van der Waals surface area contributed by atoms with Crippen molar-refractivity contribution >= 4 is 0 Å². The van der Waals surface area contributed by atoms with Gasteiger partial charge in [0.05, 0.1) is 0 Å². The van der Waals surface area contributed by atoms with Gasteiger partial charge in [-0.3, -0.25) is 0 Å². The molecule has 2 aromatic rings. The molecule has 0 aliphatic carbocycles. The molecule has 0 saturated carbocycles. The quantitative estimate of drug-likeness (QED) is 0.770. The van der Waals surface area contributed by atoms with Crippen molar-refractivity contribution in [2.75, 3.05) is 7.05 Å². The van der Waals surface area contributed by atoms with Crippen LogP contribution in [0.5, 0.6) is 0 Å². The lowest BCUT2D eigenvalue weighted by atomic mass is 9.96. The molecular formula is C20H27N. The molecule has 112 valence electrons. The maximum absolute atomic E-state index is 3.44. The topological polar surface area (TPSA) is 12.0 Å². The van der Waals surface area contributed by atoms with E-state index in [1.54, 1.807) is 0 Å². The van der Waals surface area contributed by atoms with Gasteiger partial charge in [-0.25, -0.2) is 0 Å². The molecule has 0 radical (unpaired) electrons. The van der Waals surface area contributed by atoms with E-state index < -0.39 is 0 Å². The zero-order valence-electron chi connectivity index (χ0n) is 13.5. The molecule has 2 aromatic carbocycles. The molecule has 0 spiro atoms. The summed E-state index contributed by atoms with van der Waals surface area (Å²) in [5.74, 6) is 0.717.